The van der Waals surface area contributed by atoms with Crippen LogP contribution in [0.3, 0.4) is 0 Å². The van der Waals surface area contributed by atoms with Crippen molar-refractivity contribution in [2.75, 3.05) is 0 Å². The molecule has 0 saturated heterocycles. The van der Waals surface area contributed by atoms with E-state index in [1.165, 1.54) is 12.8 Å². The molecule has 0 amide bonds. The third kappa shape index (κ3) is 9.67. The van der Waals surface area contributed by atoms with Gasteiger partial charge in [0.25, 0.3) is 0 Å². The van der Waals surface area contributed by atoms with Crippen molar-refractivity contribution in [1.29, 1.82) is 0 Å². The monoisotopic (exact) mass is 173 g/mol. The average molecular weight is 173 g/mol. The van der Waals surface area contributed by atoms with Crippen LogP contribution in [-0.2, 0) is 11.1 Å². The van der Waals surface area contributed by atoms with Crippen LogP contribution in [0.25, 0.3) is 0 Å². The summed E-state index contributed by atoms with van der Waals surface area (Å²) in [6.07, 6.45) is 5.27. The molecule has 0 rings (SSSR count). The average Bonchev–Trinajstić information content (AvgIpc) is 1.96. The second kappa shape index (κ2) is 7.77. The Morgan fingerprint density at radius 2 is 2.09 bits per heavy atom. The Kier molecular flexibility index (Phi) is 7.54. The van der Waals surface area contributed by atoms with E-state index in [1.807, 2.05) is 0 Å². The third-order valence-electron chi connectivity index (χ3n) is 1.31. The van der Waals surface area contributed by atoms with Gasteiger partial charge in [-0.05, 0) is 11.7 Å². The summed E-state index contributed by atoms with van der Waals surface area (Å²) in [5, 5.41) is 2.09. The Hall–Kier alpha value is -0.330. The van der Waals surface area contributed by atoms with Gasteiger partial charge in [-0.3, -0.25) is 4.21 Å². The van der Waals surface area contributed by atoms with E-state index in [0.717, 1.165) is 12.8 Å². The van der Waals surface area contributed by atoms with Gasteiger partial charge in [-0.1, -0.05) is 32.1 Å². The fourth-order valence-electron chi connectivity index (χ4n) is 0.750. The molecule has 0 aliphatic rings. The first-order chi connectivity index (χ1) is 5.27. The van der Waals surface area contributed by atoms with E-state index in [4.69, 9.17) is 0 Å². The lowest BCUT2D eigenvalue weighted by atomic mass is 10.2. The molecule has 0 aromatic carbocycles. The maximum absolute atomic E-state index is 9.91. The van der Waals surface area contributed by atoms with Gasteiger partial charge in [0.2, 0.25) is 0 Å². The summed E-state index contributed by atoms with van der Waals surface area (Å²) in [6.45, 7) is 2.14. The summed E-state index contributed by atoms with van der Waals surface area (Å²) in [6, 6.07) is 0. The van der Waals surface area contributed by atoms with E-state index in [-0.39, 0.29) is 0 Å². The highest BCUT2D eigenvalue weighted by molar-refractivity contribution is 7.84. The van der Waals surface area contributed by atoms with Crippen LogP contribution in [0.4, 0.5) is 0 Å². The molecular formula is C8H13O2S-. The van der Waals surface area contributed by atoms with Crippen LogP contribution in [-0.4, -0.2) is 8.76 Å². The molecule has 0 spiro atoms. The van der Waals surface area contributed by atoms with Crippen LogP contribution in [0.15, 0.2) is 0 Å². The molecule has 0 N–H and O–H groups in total. The van der Waals surface area contributed by atoms with E-state index < -0.39 is 11.1 Å². The first-order valence-corrected chi connectivity index (χ1v) is 4.92. The van der Waals surface area contributed by atoms with E-state index in [2.05, 4.69) is 18.1 Å². The van der Waals surface area contributed by atoms with Crippen molar-refractivity contribution in [3.05, 3.63) is 0 Å². The fourth-order valence-corrected chi connectivity index (χ4v) is 0.970. The molecule has 0 aliphatic carbocycles. The predicted octanol–water partition coefficient (Wildman–Crippen LogP) is 1.80. The van der Waals surface area contributed by atoms with Crippen molar-refractivity contribution >= 4 is 11.1 Å². The maximum Gasteiger partial charge on any atom is 0.0247 e. The van der Waals surface area contributed by atoms with Crippen molar-refractivity contribution in [2.24, 2.45) is 0 Å². The summed E-state index contributed by atoms with van der Waals surface area (Å²) in [5.41, 5.74) is 0. The highest BCUT2D eigenvalue weighted by atomic mass is 32.2. The maximum atomic E-state index is 9.91. The van der Waals surface area contributed by atoms with E-state index in [1.54, 1.807) is 0 Å². The summed E-state index contributed by atoms with van der Waals surface area (Å²) in [7, 11) is 0. The first-order valence-electron chi connectivity index (χ1n) is 3.85. The SMILES string of the molecule is CCCCCCC#CS(=O)[O-]. The van der Waals surface area contributed by atoms with Crippen LogP contribution in [0.5, 0.6) is 0 Å². The molecule has 11 heavy (non-hydrogen) atoms. The van der Waals surface area contributed by atoms with Crippen molar-refractivity contribution in [2.45, 2.75) is 39.0 Å². The molecule has 0 bridgehead atoms. The summed E-state index contributed by atoms with van der Waals surface area (Å²) in [4.78, 5) is 0. The van der Waals surface area contributed by atoms with E-state index in [0.29, 0.717) is 6.42 Å². The number of rotatable bonds is 4. The lowest BCUT2D eigenvalue weighted by Gasteiger charge is -1.92. The van der Waals surface area contributed by atoms with Crippen molar-refractivity contribution in [1.82, 2.24) is 0 Å². The Morgan fingerprint density at radius 1 is 1.36 bits per heavy atom. The van der Waals surface area contributed by atoms with Crippen LogP contribution in [0.1, 0.15) is 39.0 Å². The molecule has 0 heterocycles. The zero-order valence-corrected chi connectivity index (χ0v) is 7.58. The predicted molar refractivity (Wildman–Crippen MR) is 45.5 cm³/mol. The molecule has 64 valence electrons. The molecule has 2 nitrogen and oxygen atoms in total. The minimum atomic E-state index is -2.18. The summed E-state index contributed by atoms with van der Waals surface area (Å²) < 4.78 is 19.8. The fraction of sp³-hybridized carbons (Fsp3) is 0.750. The second-order valence-electron chi connectivity index (χ2n) is 2.32. The van der Waals surface area contributed by atoms with Gasteiger partial charge in [-0.2, -0.15) is 0 Å². The molecule has 3 heteroatoms. The van der Waals surface area contributed by atoms with Gasteiger partial charge in [-0.25, -0.2) is 0 Å². The van der Waals surface area contributed by atoms with Gasteiger partial charge < -0.3 is 4.55 Å². The highest BCUT2D eigenvalue weighted by Crippen LogP contribution is 2.00. The normalized spacial score (nSPS) is 11.8. The Balaban J connectivity index is 3.15. The molecule has 1 unspecified atom stereocenters. The smallest absolute Gasteiger partial charge is 0.0247 e. The third-order valence-corrected chi connectivity index (χ3v) is 1.62. The highest BCUT2D eigenvalue weighted by Gasteiger charge is 1.83. The van der Waals surface area contributed by atoms with Crippen LogP contribution in [0, 0.1) is 11.2 Å². The van der Waals surface area contributed by atoms with Gasteiger partial charge in [0.15, 0.2) is 0 Å². The lowest BCUT2D eigenvalue weighted by molar-refractivity contribution is 0.548. The van der Waals surface area contributed by atoms with Crippen molar-refractivity contribution in [3.8, 4) is 11.2 Å². The summed E-state index contributed by atoms with van der Waals surface area (Å²) in [5.74, 6) is 2.58. The van der Waals surface area contributed by atoms with Gasteiger partial charge in [0.05, 0.1) is 0 Å². The van der Waals surface area contributed by atoms with Crippen LogP contribution >= 0.6 is 0 Å². The van der Waals surface area contributed by atoms with E-state index >= 15 is 0 Å². The molecular weight excluding hydrogens is 160 g/mol. The topological polar surface area (TPSA) is 40.1 Å². The molecule has 0 saturated carbocycles. The zero-order valence-electron chi connectivity index (χ0n) is 6.76. The largest absolute Gasteiger partial charge is 0.762 e. The molecule has 1 atom stereocenters. The zero-order chi connectivity index (χ0) is 8.53. The second-order valence-corrected chi connectivity index (χ2v) is 3.00. The molecule has 0 aromatic heterocycles. The minimum Gasteiger partial charge on any atom is -0.762 e. The summed E-state index contributed by atoms with van der Waals surface area (Å²) >= 11 is -2.18. The number of unbranched alkanes of at least 4 members (excludes halogenated alkanes) is 4. The van der Waals surface area contributed by atoms with E-state index in [9.17, 15) is 8.76 Å². The Bertz CT molecular complexity index is 167. The van der Waals surface area contributed by atoms with Gasteiger partial charge >= 0.3 is 0 Å². The number of hydrogen-bond acceptors (Lipinski definition) is 2. The standard InChI is InChI=1S/C8H14O2S/c1-2-3-4-5-6-7-8-11(9)10/h2-6H2,1H3,(H,9,10)/p-1. The Morgan fingerprint density at radius 3 is 2.64 bits per heavy atom. The quantitative estimate of drug-likeness (QED) is 0.369. The van der Waals surface area contributed by atoms with Crippen LogP contribution in [0.2, 0.25) is 0 Å². The lowest BCUT2D eigenvalue weighted by Crippen LogP contribution is -1.78. The molecule has 0 aromatic rings. The van der Waals surface area contributed by atoms with Gasteiger partial charge in [0.1, 0.15) is 0 Å². The minimum absolute atomic E-state index is 0.702. The molecule has 0 fully saturated rings. The first kappa shape index (κ1) is 10.7. The Labute approximate surface area is 70.7 Å². The number of hydrogen-bond donors (Lipinski definition) is 0. The van der Waals surface area contributed by atoms with Crippen LogP contribution < -0.4 is 0 Å². The van der Waals surface area contributed by atoms with Crippen molar-refractivity contribution < 1.29 is 8.76 Å². The van der Waals surface area contributed by atoms with Gasteiger partial charge in [-0.15, -0.1) is 0 Å². The molecule has 0 radical (unpaired) electrons. The van der Waals surface area contributed by atoms with Gasteiger partial charge in [0, 0.05) is 17.5 Å². The molecule has 0 aliphatic heterocycles. The van der Waals surface area contributed by atoms with Crippen molar-refractivity contribution in [3.63, 3.8) is 0 Å².